The Morgan fingerprint density at radius 2 is 1.72 bits per heavy atom. The second-order valence-electron chi connectivity index (χ2n) is 9.82. The molecule has 0 aliphatic heterocycles. The molecule has 0 aliphatic carbocycles. The Morgan fingerprint density at radius 1 is 1.05 bits per heavy atom. The first-order chi connectivity index (χ1) is 18.8. The van der Waals surface area contributed by atoms with Crippen LogP contribution in [0.1, 0.15) is 48.1 Å². The summed E-state index contributed by atoms with van der Waals surface area (Å²) in [6.45, 7) is 3.83. The zero-order valence-corrected chi connectivity index (χ0v) is 22.7. The van der Waals surface area contributed by atoms with Crippen molar-refractivity contribution in [2.45, 2.75) is 38.9 Å². The molecule has 0 spiro atoms. The van der Waals surface area contributed by atoms with Crippen LogP contribution in [-0.2, 0) is 6.54 Å². The van der Waals surface area contributed by atoms with Crippen molar-refractivity contribution in [2.24, 2.45) is 11.7 Å². The molecule has 2 atom stereocenters. The van der Waals surface area contributed by atoms with Gasteiger partial charge in [0.15, 0.2) is 11.6 Å². The predicted molar refractivity (Wildman–Crippen MR) is 150 cm³/mol. The van der Waals surface area contributed by atoms with Crippen LogP contribution in [0.25, 0.3) is 11.4 Å². The molecule has 0 saturated carbocycles. The van der Waals surface area contributed by atoms with Crippen LogP contribution in [-0.4, -0.2) is 44.8 Å². The fourth-order valence-corrected chi connectivity index (χ4v) is 4.69. The zero-order chi connectivity index (χ0) is 27.9. The van der Waals surface area contributed by atoms with Gasteiger partial charge in [-0.3, -0.25) is 4.79 Å². The lowest BCUT2D eigenvalue weighted by atomic mass is 9.99. The topological polar surface area (TPSA) is 77.0 Å². The molecule has 0 saturated heterocycles. The van der Waals surface area contributed by atoms with Crippen molar-refractivity contribution in [3.63, 3.8) is 0 Å². The first kappa shape index (κ1) is 28.4. The maximum atomic E-state index is 14.9. The molecular weight excluding hydrogens is 520 g/mol. The van der Waals surface area contributed by atoms with Gasteiger partial charge < -0.3 is 10.6 Å². The first-order valence-electron chi connectivity index (χ1n) is 12.9. The summed E-state index contributed by atoms with van der Waals surface area (Å²) in [7, 11) is 0. The Labute approximate surface area is 232 Å². The van der Waals surface area contributed by atoms with Crippen LogP contribution in [0, 0.1) is 11.7 Å². The number of alkyl halides is 1. The molecule has 4 rings (SSSR count). The van der Waals surface area contributed by atoms with E-state index in [-0.39, 0.29) is 36.2 Å². The number of benzene rings is 3. The highest BCUT2D eigenvalue weighted by molar-refractivity contribution is 6.30. The lowest BCUT2D eigenvalue weighted by Crippen LogP contribution is -2.41. The van der Waals surface area contributed by atoms with Crippen LogP contribution in [0.2, 0.25) is 5.02 Å². The summed E-state index contributed by atoms with van der Waals surface area (Å²) in [5, 5.41) is 5.05. The van der Waals surface area contributed by atoms with Crippen molar-refractivity contribution in [3.05, 3.63) is 107 Å². The molecular formula is C30H32ClF2N5O. The van der Waals surface area contributed by atoms with Gasteiger partial charge in [0, 0.05) is 23.2 Å². The van der Waals surface area contributed by atoms with E-state index in [2.05, 4.69) is 0 Å². The van der Waals surface area contributed by atoms with Gasteiger partial charge in [0.05, 0.1) is 18.2 Å². The molecule has 1 heterocycles. The van der Waals surface area contributed by atoms with Gasteiger partial charge in [-0.1, -0.05) is 74.0 Å². The highest BCUT2D eigenvalue weighted by atomic mass is 35.5. The Morgan fingerprint density at radius 3 is 2.36 bits per heavy atom. The first-order valence-corrected chi connectivity index (χ1v) is 13.3. The minimum atomic E-state index is -0.706. The van der Waals surface area contributed by atoms with E-state index in [0.29, 0.717) is 23.0 Å². The minimum absolute atomic E-state index is 0.116. The molecule has 204 valence electrons. The third-order valence-corrected chi connectivity index (χ3v) is 6.73. The normalized spacial score (nSPS) is 12.9. The van der Waals surface area contributed by atoms with Gasteiger partial charge in [-0.2, -0.15) is 5.10 Å². The second-order valence-corrected chi connectivity index (χ2v) is 10.3. The number of halogens is 3. The van der Waals surface area contributed by atoms with Crippen LogP contribution in [0.5, 0.6) is 0 Å². The molecule has 0 aliphatic rings. The van der Waals surface area contributed by atoms with Crippen LogP contribution in [0.3, 0.4) is 0 Å². The third kappa shape index (κ3) is 6.88. The molecule has 1 aromatic heterocycles. The van der Waals surface area contributed by atoms with Crippen molar-refractivity contribution in [1.82, 2.24) is 19.7 Å². The van der Waals surface area contributed by atoms with Crippen LogP contribution in [0.4, 0.5) is 8.78 Å². The molecule has 4 aromatic rings. The molecule has 1 amide bonds. The van der Waals surface area contributed by atoms with Crippen molar-refractivity contribution < 1.29 is 13.6 Å². The van der Waals surface area contributed by atoms with Gasteiger partial charge in [-0.05, 0) is 48.2 Å². The van der Waals surface area contributed by atoms with E-state index in [1.165, 1.54) is 18.2 Å². The van der Waals surface area contributed by atoms with Crippen molar-refractivity contribution >= 4 is 17.5 Å². The monoisotopic (exact) mass is 551 g/mol. The Bertz CT molecular complexity index is 1380. The standard InChI is InChI=1S/C30H32ClF2N5O/c1-20(2)27(37(16-15-24(34)18-32)30(39)22-11-7-4-8-12-22)29-35-28(25-17-23(31)13-14-26(25)33)36-38(29)19-21-9-5-3-6-10-21/h3-14,17,20,24,27H,15-16,18-19,34H2,1-2H3. The number of nitrogens with zero attached hydrogens (tertiary/aromatic N) is 4. The number of rotatable bonds is 11. The van der Waals surface area contributed by atoms with E-state index >= 15 is 0 Å². The summed E-state index contributed by atoms with van der Waals surface area (Å²) in [6.07, 6.45) is 0.265. The number of amides is 1. The number of hydrogen-bond acceptors (Lipinski definition) is 4. The molecule has 9 heteroatoms. The van der Waals surface area contributed by atoms with Crippen LogP contribution >= 0.6 is 11.6 Å². The van der Waals surface area contributed by atoms with E-state index in [0.717, 1.165) is 5.56 Å². The molecule has 0 radical (unpaired) electrons. The Hall–Kier alpha value is -3.62. The maximum absolute atomic E-state index is 14.9. The van der Waals surface area contributed by atoms with Gasteiger partial charge in [-0.15, -0.1) is 0 Å². The number of carbonyl (C=O) groups excluding carboxylic acids is 1. The molecule has 3 aromatic carbocycles. The summed E-state index contributed by atoms with van der Waals surface area (Å²) in [4.78, 5) is 20.3. The summed E-state index contributed by atoms with van der Waals surface area (Å²) in [6, 6.07) is 21.6. The highest BCUT2D eigenvalue weighted by Crippen LogP contribution is 2.32. The maximum Gasteiger partial charge on any atom is 0.254 e. The number of aromatic nitrogens is 3. The average molecular weight is 552 g/mol. The van der Waals surface area contributed by atoms with Gasteiger partial charge in [0.2, 0.25) is 0 Å². The van der Waals surface area contributed by atoms with Crippen molar-refractivity contribution in [1.29, 1.82) is 0 Å². The van der Waals surface area contributed by atoms with Crippen molar-refractivity contribution in [2.75, 3.05) is 13.2 Å². The smallest absolute Gasteiger partial charge is 0.254 e. The SMILES string of the molecule is CC(C)C(c1nc(-c2cc(Cl)ccc2F)nn1Cc1ccccc1)N(CCC(N)CF)C(=O)c1ccccc1. The third-order valence-electron chi connectivity index (χ3n) is 6.50. The molecule has 39 heavy (non-hydrogen) atoms. The molecule has 6 nitrogen and oxygen atoms in total. The molecule has 2 unspecified atom stereocenters. The van der Waals surface area contributed by atoms with Gasteiger partial charge >= 0.3 is 0 Å². The van der Waals surface area contributed by atoms with Gasteiger partial charge in [0.1, 0.15) is 12.5 Å². The lowest BCUT2D eigenvalue weighted by Gasteiger charge is -2.34. The minimum Gasteiger partial charge on any atom is -0.328 e. The average Bonchev–Trinajstić information content (AvgIpc) is 3.35. The zero-order valence-electron chi connectivity index (χ0n) is 22.0. The summed E-state index contributed by atoms with van der Waals surface area (Å²) in [5.41, 5.74) is 7.54. The molecule has 0 fully saturated rings. The summed E-state index contributed by atoms with van der Waals surface area (Å²) < 4.78 is 29.9. The number of nitrogens with two attached hydrogens (primary N) is 1. The molecule has 2 N–H and O–H groups in total. The van der Waals surface area contributed by atoms with E-state index < -0.39 is 24.6 Å². The van der Waals surface area contributed by atoms with Gasteiger partial charge in [0.25, 0.3) is 5.91 Å². The molecule has 0 bridgehead atoms. The number of carbonyl (C=O) groups is 1. The quantitative estimate of drug-likeness (QED) is 0.237. The van der Waals surface area contributed by atoms with E-state index in [1.54, 1.807) is 33.8 Å². The van der Waals surface area contributed by atoms with E-state index in [9.17, 15) is 13.6 Å². The van der Waals surface area contributed by atoms with Crippen LogP contribution < -0.4 is 5.73 Å². The largest absolute Gasteiger partial charge is 0.328 e. The Balaban J connectivity index is 1.85. The van der Waals surface area contributed by atoms with E-state index in [4.69, 9.17) is 27.4 Å². The fourth-order valence-electron chi connectivity index (χ4n) is 4.52. The Kier molecular flexibility index (Phi) is 9.43. The van der Waals surface area contributed by atoms with Gasteiger partial charge in [-0.25, -0.2) is 18.4 Å². The number of hydrogen-bond donors (Lipinski definition) is 1. The lowest BCUT2D eigenvalue weighted by molar-refractivity contribution is 0.0594. The summed E-state index contributed by atoms with van der Waals surface area (Å²) >= 11 is 6.18. The van der Waals surface area contributed by atoms with Crippen LogP contribution in [0.15, 0.2) is 78.9 Å². The van der Waals surface area contributed by atoms with Crippen molar-refractivity contribution in [3.8, 4) is 11.4 Å². The van der Waals surface area contributed by atoms with E-state index in [1.807, 2.05) is 50.2 Å². The second kappa shape index (κ2) is 13.0. The fraction of sp³-hybridized carbons (Fsp3) is 0.300. The predicted octanol–water partition coefficient (Wildman–Crippen LogP) is 6.31. The highest BCUT2D eigenvalue weighted by Gasteiger charge is 2.34. The summed E-state index contributed by atoms with van der Waals surface area (Å²) in [5.74, 6) is -0.198.